The topological polar surface area (TPSA) is 78.6 Å². The molecule has 5 nitrogen and oxygen atoms in total. The molecule has 7 heteroatoms. The second kappa shape index (κ2) is 4.54. The van der Waals surface area contributed by atoms with Gasteiger partial charge in [-0.2, -0.15) is 0 Å². The largest absolute Gasteiger partial charge is 0.495 e. The van der Waals surface area contributed by atoms with Crippen molar-refractivity contribution in [1.82, 2.24) is 0 Å². The van der Waals surface area contributed by atoms with Gasteiger partial charge in [-0.1, -0.05) is 0 Å². The molecule has 0 bridgehead atoms. The number of benzene rings is 1. The lowest BCUT2D eigenvalue weighted by Crippen LogP contribution is -2.15. The van der Waals surface area contributed by atoms with E-state index in [1.807, 2.05) is 22.6 Å². The summed E-state index contributed by atoms with van der Waals surface area (Å²) in [4.78, 5) is -0.132. The molecule has 1 aromatic carbocycles. The average molecular weight is 343 g/mol. The van der Waals surface area contributed by atoms with E-state index in [1.54, 1.807) is 12.1 Å². The quantitative estimate of drug-likeness (QED) is 0.829. The van der Waals surface area contributed by atoms with Crippen molar-refractivity contribution in [2.24, 2.45) is 5.14 Å². The van der Waals surface area contributed by atoms with Crippen LogP contribution < -0.4 is 14.6 Å². The van der Waals surface area contributed by atoms with Crippen molar-refractivity contribution in [1.29, 1.82) is 0 Å². The van der Waals surface area contributed by atoms with Crippen LogP contribution in [0.4, 0.5) is 0 Å². The van der Waals surface area contributed by atoms with Crippen LogP contribution in [0.3, 0.4) is 0 Å². The van der Waals surface area contributed by atoms with E-state index in [1.165, 1.54) is 14.2 Å². The van der Waals surface area contributed by atoms with Gasteiger partial charge in [-0.15, -0.1) is 0 Å². The van der Waals surface area contributed by atoms with Gasteiger partial charge in [0.15, 0.2) is 4.90 Å². The predicted molar refractivity (Wildman–Crippen MR) is 63.6 cm³/mol. The molecule has 2 N–H and O–H groups in total. The minimum absolute atomic E-state index is 0.132. The second-order valence-electron chi connectivity index (χ2n) is 2.68. The van der Waals surface area contributed by atoms with Crippen LogP contribution in [-0.2, 0) is 10.0 Å². The number of hydrogen-bond acceptors (Lipinski definition) is 4. The van der Waals surface area contributed by atoms with Crippen LogP contribution in [0, 0.1) is 3.57 Å². The Balaban J connectivity index is 3.59. The molecule has 0 aromatic heterocycles. The van der Waals surface area contributed by atoms with Crippen molar-refractivity contribution in [3.63, 3.8) is 0 Å². The van der Waals surface area contributed by atoms with Gasteiger partial charge in [0, 0.05) is 3.57 Å². The molecule has 0 fully saturated rings. The Morgan fingerprint density at radius 2 is 1.60 bits per heavy atom. The number of sulfonamides is 1. The van der Waals surface area contributed by atoms with Crippen LogP contribution in [0.25, 0.3) is 0 Å². The van der Waals surface area contributed by atoms with Crippen molar-refractivity contribution < 1.29 is 17.9 Å². The molecule has 0 heterocycles. The van der Waals surface area contributed by atoms with E-state index in [2.05, 4.69) is 0 Å². The molecule has 84 valence electrons. The molecule has 0 radical (unpaired) electrons. The molecule has 0 atom stereocenters. The zero-order valence-corrected chi connectivity index (χ0v) is 11.1. The molecule has 0 amide bonds. The maximum Gasteiger partial charge on any atom is 0.245 e. The first-order valence-corrected chi connectivity index (χ1v) is 6.47. The van der Waals surface area contributed by atoms with Crippen LogP contribution in [0.5, 0.6) is 11.5 Å². The average Bonchev–Trinajstić information content (AvgIpc) is 2.14. The van der Waals surface area contributed by atoms with Crippen LogP contribution >= 0.6 is 22.6 Å². The van der Waals surface area contributed by atoms with E-state index < -0.39 is 10.0 Å². The molecular weight excluding hydrogens is 333 g/mol. The molecule has 0 spiro atoms. The van der Waals surface area contributed by atoms with Crippen molar-refractivity contribution in [3.05, 3.63) is 15.7 Å². The minimum atomic E-state index is -3.86. The molecule has 0 unspecified atom stereocenters. The van der Waals surface area contributed by atoms with Gasteiger partial charge in [0.1, 0.15) is 11.5 Å². The predicted octanol–water partition coefficient (Wildman–Crippen LogP) is 0.956. The van der Waals surface area contributed by atoms with Gasteiger partial charge >= 0.3 is 0 Å². The van der Waals surface area contributed by atoms with E-state index in [4.69, 9.17) is 14.6 Å². The van der Waals surface area contributed by atoms with Gasteiger partial charge in [-0.25, -0.2) is 13.6 Å². The third kappa shape index (κ3) is 2.73. The Morgan fingerprint density at radius 3 is 1.87 bits per heavy atom. The van der Waals surface area contributed by atoms with Crippen molar-refractivity contribution in [2.75, 3.05) is 14.2 Å². The standard InChI is InChI=1S/C8H10INO4S/c1-13-6-3-5(9)4-7(14-2)8(6)15(10,11)12/h3-4H,1-2H3,(H2,10,11,12). The van der Waals surface area contributed by atoms with Gasteiger partial charge in [0.2, 0.25) is 10.0 Å². The molecule has 1 aromatic rings. The Kier molecular flexibility index (Phi) is 3.79. The fourth-order valence-corrected chi connectivity index (χ4v) is 2.54. The molecule has 0 aliphatic rings. The van der Waals surface area contributed by atoms with Crippen molar-refractivity contribution in [3.8, 4) is 11.5 Å². The first-order chi connectivity index (χ1) is 6.90. The maximum atomic E-state index is 11.3. The molecule has 15 heavy (non-hydrogen) atoms. The van der Waals surface area contributed by atoms with E-state index >= 15 is 0 Å². The van der Waals surface area contributed by atoms with Crippen LogP contribution in [0.15, 0.2) is 17.0 Å². The number of halogens is 1. The lowest BCUT2D eigenvalue weighted by Gasteiger charge is -2.11. The number of nitrogens with two attached hydrogens (primary N) is 1. The highest BCUT2D eigenvalue weighted by atomic mass is 127. The zero-order valence-electron chi connectivity index (χ0n) is 8.15. The molecule has 0 saturated heterocycles. The van der Waals surface area contributed by atoms with Crippen molar-refractivity contribution in [2.45, 2.75) is 4.90 Å². The highest BCUT2D eigenvalue weighted by molar-refractivity contribution is 14.1. The van der Waals surface area contributed by atoms with E-state index in [9.17, 15) is 8.42 Å². The molecule has 0 saturated carbocycles. The molecule has 0 aliphatic heterocycles. The number of rotatable bonds is 3. The number of methoxy groups -OCH3 is 2. The van der Waals surface area contributed by atoms with Crippen LogP contribution in [0.1, 0.15) is 0 Å². The highest BCUT2D eigenvalue weighted by Gasteiger charge is 2.21. The Bertz CT molecular complexity index is 447. The Labute approximate surface area is 102 Å². The van der Waals surface area contributed by atoms with Gasteiger partial charge < -0.3 is 9.47 Å². The normalized spacial score (nSPS) is 11.2. The highest BCUT2D eigenvalue weighted by Crippen LogP contribution is 2.34. The summed E-state index contributed by atoms with van der Waals surface area (Å²) in [5.41, 5.74) is 0. The molecule has 1 rings (SSSR count). The fourth-order valence-electron chi connectivity index (χ4n) is 1.13. The number of ether oxygens (including phenoxy) is 2. The summed E-state index contributed by atoms with van der Waals surface area (Å²) in [6, 6.07) is 3.14. The maximum absolute atomic E-state index is 11.3. The second-order valence-corrected chi connectivity index (χ2v) is 5.43. The SMILES string of the molecule is COc1cc(I)cc(OC)c1S(N)(=O)=O. The summed E-state index contributed by atoms with van der Waals surface area (Å²) in [6.07, 6.45) is 0. The third-order valence-corrected chi connectivity index (χ3v) is 3.30. The zero-order chi connectivity index (χ0) is 11.6. The lowest BCUT2D eigenvalue weighted by atomic mass is 10.3. The van der Waals surface area contributed by atoms with Gasteiger partial charge in [0.25, 0.3) is 0 Å². The summed E-state index contributed by atoms with van der Waals surface area (Å²) in [5, 5.41) is 5.07. The molecule has 0 aliphatic carbocycles. The van der Waals surface area contributed by atoms with E-state index in [0.717, 1.165) is 3.57 Å². The van der Waals surface area contributed by atoms with Crippen molar-refractivity contribution >= 4 is 32.6 Å². The summed E-state index contributed by atoms with van der Waals surface area (Å²) in [6.45, 7) is 0. The Hall–Kier alpha value is -0.540. The number of hydrogen-bond donors (Lipinski definition) is 1. The van der Waals surface area contributed by atoms with Gasteiger partial charge in [-0.3, -0.25) is 0 Å². The Morgan fingerprint density at radius 1 is 1.20 bits per heavy atom. The fraction of sp³-hybridized carbons (Fsp3) is 0.250. The van der Waals surface area contributed by atoms with Crippen LogP contribution in [0.2, 0.25) is 0 Å². The first kappa shape index (κ1) is 12.5. The van der Waals surface area contributed by atoms with E-state index in [-0.39, 0.29) is 16.4 Å². The summed E-state index contributed by atoms with van der Waals surface area (Å²) < 4.78 is 33.3. The third-order valence-electron chi connectivity index (χ3n) is 1.71. The van der Waals surface area contributed by atoms with E-state index in [0.29, 0.717) is 0 Å². The summed E-state index contributed by atoms with van der Waals surface area (Å²) >= 11 is 2.03. The first-order valence-electron chi connectivity index (χ1n) is 3.84. The smallest absolute Gasteiger partial charge is 0.245 e. The van der Waals surface area contributed by atoms with Crippen LogP contribution in [-0.4, -0.2) is 22.6 Å². The monoisotopic (exact) mass is 343 g/mol. The lowest BCUT2D eigenvalue weighted by molar-refractivity contribution is 0.373. The summed E-state index contributed by atoms with van der Waals surface area (Å²) in [5.74, 6) is 0.363. The molecular formula is C8H10INO4S. The number of primary sulfonamides is 1. The van der Waals surface area contributed by atoms with Gasteiger partial charge in [-0.05, 0) is 34.7 Å². The minimum Gasteiger partial charge on any atom is -0.495 e. The van der Waals surface area contributed by atoms with Gasteiger partial charge in [0.05, 0.1) is 14.2 Å². The summed E-state index contributed by atoms with van der Waals surface area (Å²) in [7, 11) is -1.11.